The summed E-state index contributed by atoms with van der Waals surface area (Å²) >= 11 is 23.2. The van der Waals surface area contributed by atoms with Gasteiger partial charge in [-0.3, -0.25) is 14.9 Å². The Morgan fingerprint density at radius 1 is 1.20 bits per heavy atom. The molecule has 0 aromatic heterocycles. The number of carbonyl (C=O) groups is 1. The molecule has 0 bridgehead atoms. The first-order valence-corrected chi connectivity index (χ1v) is 9.90. The van der Waals surface area contributed by atoms with Gasteiger partial charge in [-0.25, -0.2) is 0 Å². The zero-order chi connectivity index (χ0) is 22.5. The second-order valence-corrected chi connectivity index (χ2v) is 8.78. The van der Waals surface area contributed by atoms with Crippen molar-refractivity contribution < 1.29 is 14.5 Å². The molecule has 0 aliphatic heterocycles. The molecule has 2 aromatic rings. The minimum Gasteiger partial charge on any atom is -0.495 e. The first kappa shape index (κ1) is 23.9. The van der Waals surface area contributed by atoms with Crippen LogP contribution in [0.4, 0.5) is 11.4 Å². The van der Waals surface area contributed by atoms with Gasteiger partial charge >= 0.3 is 0 Å². The van der Waals surface area contributed by atoms with Crippen LogP contribution in [0.3, 0.4) is 0 Å². The third kappa shape index (κ3) is 6.33. The van der Waals surface area contributed by atoms with E-state index in [1.807, 2.05) is 0 Å². The number of thiocarbonyl (C=S) groups is 1. The molecular formula is C18H17Cl3N4O4S. The lowest BCUT2D eigenvalue weighted by atomic mass is 10.1. The van der Waals surface area contributed by atoms with Crippen molar-refractivity contribution in [2.75, 3.05) is 12.4 Å². The topological polar surface area (TPSA) is 106 Å². The predicted octanol–water partition coefficient (Wildman–Crippen LogP) is 4.32. The number of carbonyl (C=O) groups excluding carboxylic acids is 1. The van der Waals surface area contributed by atoms with Crippen LogP contribution < -0.4 is 20.7 Å². The summed E-state index contributed by atoms with van der Waals surface area (Å²) in [5.74, 6) is -0.174. The van der Waals surface area contributed by atoms with Crippen molar-refractivity contribution in [1.29, 1.82) is 0 Å². The smallest absolute Gasteiger partial charge is 0.271 e. The standard InChI is InChI=1S/C18H17Cl3N4O4S/c1-10-5-3-4-6-12(10)15(26)23-16(18(19,20)21)24-17(30)22-13-9-11(25(27)28)7-8-14(13)29-2/h3-9,16H,1-2H3,(H,23,26)(H2,22,24,30)/t16-/m0/s1. The Morgan fingerprint density at radius 3 is 2.43 bits per heavy atom. The van der Waals surface area contributed by atoms with Crippen LogP contribution in [0.1, 0.15) is 15.9 Å². The lowest BCUT2D eigenvalue weighted by Crippen LogP contribution is -2.56. The second-order valence-electron chi connectivity index (χ2n) is 6.00. The fourth-order valence-electron chi connectivity index (χ4n) is 2.43. The Balaban J connectivity index is 2.19. The van der Waals surface area contributed by atoms with Crippen LogP contribution in [-0.4, -0.2) is 33.0 Å². The van der Waals surface area contributed by atoms with Crippen molar-refractivity contribution >= 4 is 69.4 Å². The molecule has 0 saturated heterocycles. The number of aryl methyl sites for hydroxylation is 1. The molecule has 160 valence electrons. The largest absolute Gasteiger partial charge is 0.495 e. The molecule has 0 fully saturated rings. The lowest BCUT2D eigenvalue weighted by molar-refractivity contribution is -0.384. The number of amides is 1. The number of nitro groups is 1. The van der Waals surface area contributed by atoms with Gasteiger partial charge < -0.3 is 20.7 Å². The number of non-ortho nitro benzene ring substituents is 1. The number of halogens is 3. The zero-order valence-electron chi connectivity index (χ0n) is 15.7. The lowest BCUT2D eigenvalue weighted by Gasteiger charge is -2.28. The number of nitrogens with zero attached hydrogens (tertiary/aromatic N) is 1. The first-order valence-electron chi connectivity index (χ1n) is 8.36. The minimum absolute atomic E-state index is 0.0600. The van der Waals surface area contributed by atoms with Crippen molar-refractivity contribution in [3.63, 3.8) is 0 Å². The summed E-state index contributed by atoms with van der Waals surface area (Å²) < 4.78 is 3.21. The summed E-state index contributed by atoms with van der Waals surface area (Å²) in [6, 6.07) is 10.8. The van der Waals surface area contributed by atoms with Crippen molar-refractivity contribution in [1.82, 2.24) is 10.6 Å². The van der Waals surface area contributed by atoms with Gasteiger partial charge in [-0.2, -0.15) is 0 Å². The molecule has 0 aliphatic carbocycles. The Labute approximate surface area is 193 Å². The number of nitrogens with one attached hydrogen (secondary N) is 3. The molecule has 12 heteroatoms. The van der Waals surface area contributed by atoms with Crippen molar-refractivity contribution in [2.24, 2.45) is 0 Å². The quantitative estimate of drug-likeness (QED) is 0.182. The van der Waals surface area contributed by atoms with Crippen LogP contribution in [0.25, 0.3) is 0 Å². The maximum Gasteiger partial charge on any atom is 0.271 e. The summed E-state index contributed by atoms with van der Waals surface area (Å²) in [6.45, 7) is 1.77. The molecule has 0 heterocycles. The number of ether oxygens (including phenoxy) is 1. The number of anilines is 1. The third-order valence-corrected chi connectivity index (χ3v) is 4.78. The van der Waals surface area contributed by atoms with Gasteiger partial charge in [0, 0.05) is 17.7 Å². The van der Waals surface area contributed by atoms with Gasteiger partial charge in [0.1, 0.15) is 11.9 Å². The SMILES string of the molecule is COc1ccc([N+](=O)[O-])cc1NC(=S)N[C@H](NC(=O)c1ccccc1C)C(Cl)(Cl)Cl. The van der Waals surface area contributed by atoms with E-state index >= 15 is 0 Å². The minimum atomic E-state index is -1.96. The monoisotopic (exact) mass is 490 g/mol. The molecule has 0 saturated carbocycles. The van der Waals surface area contributed by atoms with E-state index in [-0.39, 0.29) is 16.5 Å². The van der Waals surface area contributed by atoms with Crippen LogP contribution in [-0.2, 0) is 0 Å². The van der Waals surface area contributed by atoms with Gasteiger partial charge in [-0.05, 0) is 36.8 Å². The molecule has 0 spiro atoms. The maximum absolute atomic E-state index is 12.6. The van der Waals surface area contributed by atoms with Crippen LogP contribution in [0.5, 0.6) is 5.75 Å². The molecule has 8 nitrogen and oxygen atoms in total. The van der Waals surface area contributed by atoms with Gasteiger partial charge in [0.25, 0.3) is 11.6 Å². The fourth-order valence-corrected chi connectivity index (χ4v) is 2.99. The summed E-state index contributed by atoms with van der Waals surface area (Å²) in [5.41, 5.74) is 1.18. The Hall–Kier alpha value is -2.33. The van der Waals surface area contributed by atoms with Gasteiger partial charge in [0.05, 0.1) is 17.7 Å². The highest BCUT2D eigenvalue weighted by Crippen LogP contribution is 2.31. The van der Waals surface area contributed by atoms with Crippen LogP contribution in [0.15, 0.2) is 42.5 Å². The van der Waals surface area contributed by atoms with Crippen LogP contribution in [0, 0.1) is 17.0 Å². The van der Waals surface area contributed by atoms with Crippen molar-refractivity contribution in [3.8, 4) is 5.75 Å². The average molecular weight is 492 g/mol. The number of hydrogen-bond acceptors (Lipinski definition) is 5. The Morgan fingerprint density at radius 2 is 1.87 bits per heavy atom. The Kier molecular flexibility index (Phi) is 8.08. The van der Waals surface area contributed by atoms with E-state index in [1.54, 1.807) is 31.2 Å². The van der Waals surface area contributed by atoms with Gasteiger partial charge in [0.2, 0.25) is 3.79 Å². The van der Waals surface area contributed by atoms with E-state index in [2.05, 4.69) is 16.0 Å². The number of benzene rings is 2. The number of methoxy groups -OCH3 is 1. The van der Waals surface area contributed by atoms with E-state index in [0.717, 1.165) is 5.56 Å². The molecule has 1 atom stereocenters. The molecule has 0 aliphatic rings. The highest BCUT2D eigenvalue weighted by Gasteiger charge is 2.35. The highest BCUT2D eigenvalue weighted by atomic mass is 35.6. The van der Waals surface area contributed by atoms with E-state index in [4.69, 9.17) is 51.8 Å². The molecule has 2 aromatic carbocycles. The fraction of sp³-hybridized carbons (Fsp3) is 0.222. The summed E-state index contributed by atoms with van der Waals surface area (Å²) in [5, 5.41) is 19.0. The average Bonchev–Trinajstić information content (AvgIpc) is 2.66. The third-order valence-electron chi connectivity index (χ3n) is 3.91. The second kappa shape index (κ2) is 10.1. The molecule has 2 rings (SSSR count). The zero-order valence-corrected chi connectivity index (χ0v) is 18.8. The van der Waals surface area contributed by atoms with E-state index in [0.29, 0.717) is 11.3 Å². The van der Waals surface area contributed by atoms with Gasteiger partial charge in [-0.15, -0.1) is 0 Å². The maximum atomic E-state index is 12.6. The normalized spacial score (nSPS) is 11.9. The summed E-state index contributed by atoms with van der Waals surface area (Å²) in [7, 11) is 1.40. The Bertz CT molecular complexity index is 969. The van der Waals surface area contributed by atoms with Crippen molar-refractivity contribution in [3.05, 3.63) is 63.7 Å². The number of rotatable bonds is 6. The highest BCUT2D eigenvalue weighted by molar-refractivity contribution is 7.80. The molecule has 0 unspecified atom stereocenters. The number of nitro benzene ring substituents is 1. The molecule has 30 heavy (non-hydrogen) atoms. The van der Waals surface area contributed by atoms with Gasteiger partial charge in [-0.1, -0.05) is 53.0 Å². The molecule has 3 N–H and O–H groups in total. The molecule has 1 amide bonds. The van der Waals surface area contributed by atoms with Crippen LogP contribution in [0.2, 0.25) is 0 Å². The van der Waals surface area contributed by atoms with Gasteiger partial charge in [0.15, 0.2) is 5.11 Å². The first-order chi connectivity index (χ1) is 14.0. The van der Waals surface area contributed by atoms with Crippen LogP contribution >= 0.6 is 47.0 Å². The van der Waals surface area contributed by atoms with E-state index in [1.165, 1.54) is 25.3 Å². The van der Waals surface area contributed by atoms with E-state index in [9.17, 15) is 14.9 Å². The summed E-state index contributed by atoms with van der Waals surface area (Å²) in [6.07, 6.45) is -1.21. The number of hydrogen-bond donors (Lipinski definition) is 3. The van der Waals surface area contributed by atoms with E-state index < -0.39 is 20.8 Å². The predicted molar refractivity (Wildman–Crippen MR) is 122 cm³/mol. The summed E-state index contributed by atoms with van der Waals surface area (Å²) in [4.78, 5) is 23.1. The van der Waals surface area contributed by atoms with Crippen molar-refractivity contribution in [2.45, 2.75) is 16.9 Å². The molecule has 0 radical (unpaired) electrons. The molecular weight excluding hydrogens is 475 g/mol. The number of alkyl halides is 3.